The fourth-order valence-corrected chi connectivity index (χ4v) is 4.04. The lowest BCUT2D eigenvalue weighted by Gasteiger charge is -2.30. The molecule has 0 bridgehead atoms. The van der Waals surface area contributed by atoms with E-state index in [4.69, 9.17) is 0 Å². The predicted molar refractivity (Wildman–Crippen MR) is 82.0 cm³/mol. The number of hydrogen-bond donors (Lipinski definition) is 2. The lowest BCUT2D eigenvalue weighted by molar-refractivity contribution is -0.142. The maximum atomic E-state index is 12.3. The van der Waals surface area contributed by atoms with Crippen LogP contribution < -0.4 is 5.32 Å². The molecule has 2 unspecified atom stereocenters. The van der Waals surface area contributed by atoms with Crippen LogP contribution >= 0.6 is 11.3 Å². The molecule has 7 nitrogen and oxygen atoms in total. The summed E-state index contributed by atoms with van der Waals surface area (Å²) in [6.07, 6.45) is 2.24. The number of hydrogen-bond acceptors (Lipinski definition) is 5. The van der Waals surface area contributed by atoms with Gasteiger partial charge >= 0.3 is 5.97 Å². The van der Waals surface area contributed by atoms with Gasteiger partial charge in [-0.05, 0) is 35.2 Å². The van der Waals surface area contributed by atoms with Crippen molar-refractivity contribution >= 4 is 33.2 Å². The molecule has 22 heavy (non-hydrogen) atoms. The van der Waals surface area contributed by atoms with Gasteiger partial charge < -0.3 is 10.4 Å². The Hall–Kier alpha value is -1.45. The van der Waals surface area contributed by atoms with E-state index in [-0.39, 0.29) is 6.54 Å². The molecule has 1 aromatic rings. The zero-order valence-electron chi connectivity index (χ0n) is 12.1. The van der Waals surface area contributed by atoms with Crippen molar-refractivity contribution in [3.63, 3.8) is 0 Å². The third-order valence-electron chi connectivity index (χ3n) is 3.63. The highest BCUT2D eigenvalue weighted by Gasteiger charge is 2.32. The summed E-state index contributed by atoms with van der Waals surface area (Å²) in [4.78, 5) is 23.6. The van der Waals surface area contributed by atoms with Crippen molar-refractivity contribution in [2.24, 2.45) is 5.92 Å². The molecule has 1 aliphatic rings. The molecule has 0 saturated carbocycles. The third kappa shape index (κ3) is 4.05. The summed E-state index contributed by atoms with van der Waals surface area (Å²) in [7, 11) is -3.34. The van der Waals surface area contributed by atoms with Crippen molar-refractivity contribution in [2.75, 3.05) is 19.3 Å². The quantitative estimate of drug-likeness (QED) is 0.815. The van der Waals surface area contributed by atoms with Crippen LogP contribution in [-0.4, -0.2) is 49.1 Å². The van der Waals surface area contributed by atoms with Crippen molar-refractivity contribution in [2.45, 2.75) is 18.9 Å². The Morgan fingerprint density at radius 1 is 1.50 bits per heavy atom. The molecule has 2 N–H and O–H groups in total. The summed E-state index contributed by atoms with van der Waals surface area (Å²) in [5.74, 6) is -2.08. The number of carboxylic acid groups (broad SMARTS) is 1. The fraction of sp³-hybridized carbons (Fsp3) is 0.538. The highest BCUT2D eigenvalue weighted by molar-refractivity contribution is 7.88. The second-order valence-corrected chi connectivity index (χ2v) is 8.06. The number of carbonyl (C=O) groups excluding carboxylic acids is 1. The first-order valence-electron chi connectivity index (χ1n) is 6.79. The van der Waals surface area contributed by atoms with Gasteiger partial charge in [-0.25, -0.2) is 17.5 Å². The first kappa shape index (κ1) is 16.9. The SMILES string of the molecule is CS(=O)(=O)N1CCCC(C(=O)NC(C(=O)O)c2ccsc2)C1. The maximum Gasteiger partial charge on any atom is 0.330 e. The number of amides is 1. The van der Waals surface area contributed by atoms with E-state index in [1.54, 1.807) is 16.8 Å². The smallest absolute Gasteiger partial charge is 0.330 e. The second kappa shape index (κ2) is 6.76. The summed E-state index contributed by atoms with van der Waals surface area (Å²) >= 11 is 1.35. The number of nitrogens with one attached hydrogen (secondary N) is 1. The maximum absolute atomic E-state index is 12.3. The molecular weight excluding hydrogens is 328 g/mol. The summed E-state index contributed by atoms with van der Waals surface area (Å²) in [6.45, 7) is 0.496. The second-order valence-electron chi connectivity index (χ2n) is 5.30. The molecular formula is C13H18N2O5S2. The zero-order chi connectivity index (χ0) is 16.3. The Labute approximate surface area is 133 Å². The van der Waals surface area contributed by atoms with Gasteiger partial charge in [0.2, 0.25) is 15.9 Å². The van der Waals surface area contributed by atoms with Gasteiger partial charge in [-0.3, -0.25) is 4.79 Å². The minimum absolute atomic E-state index is 0.0979. The van der Waals surface area contributed by atoms with Crippen LogP contribution in [0.15, 0.2) is 16.8 Å². The van der Waals surface area contributed by atoms with E-state index in [0.717, 1.165) is 6.26 Å². The van der Waals surface area contributed by atoms with E-state index in [2.05, 4.69) is 5.32 Å². The minimum atomic E-state index is -3.34. The first-order chi connectivity index (χ1) is 10.3. The molecule has 2 atom stereocenters. The van der Waals surface area contributed by atoms with Gasteiger partial charge in [0.25, 0.3) is 0 Å². The summed E-state index contributed by atoms with van der Waals surface area (Å²) in [5, 5.41) is 15.2. The topological polar surface area (TPSA) is 104 Å². The van der Waals surface area contributed by atoms with E-state index in [1.807, 2.05) is 0 Å². The van der Waals surface area contributed by atoms with Gasteiger partial charge in [0, 0.05) is 13.1 Å². The van der Waals surface area contributed by atoms with Crippen molar-refractivity contribution in [1.29, 1.82) is 0 Å². The normalized spacial score (nSPS) is 21.2. The van der Waals surface area contributed by atoms with E-state index in [1.165, 1.54) is 15.6 Å². The third-order valence-corrected chi connectivity index (χ3v) is 5.61. The van der Waals surface area contributed by atoms with Crippen LogP contribution in [0.4, 0.5) is 0 Å². The number of thiophene rings is 1. The molecule has 1 amide bonds. The Morgan fingerprint density at radius 2 is 2.23 bits per heavy atom. The number of sulfonamides is 1. The van der Waals surface area contributed by atoms with Crippen LogP contribution in [0.2, 0.25) is 0 Å². The summed E-state index contributed by atoms with van der Waals surface area (Å²) in [6, 6.07) is 0.542. The average Bonchev–Trinajstić information content (AvgIpc) is 2.97. The predicted octanol–water partition coefficient (Wildman–Crippen LogP) is 0.662. The fourth-order valence-electron chi connectivity index (χ4n) is 2.44. The molecule has 1 saturated heterocycles. The van der Waals surface area contributed by atoms with Crippen LogP contribution in [0.5, 0.6) is 0 Å². The van der Waals surface area contributed by atoms with Crippen molar-refractivity contribution in [3.8, 4) is 0 Å². The van der Waals surface area contributed by atoms with Crippen LogP contribution in [0, 0.1) is 5.92 Å². The molecule has 2 heterocycles. The number of aliphatic carboxylic acids is 1. The molecule has 2 rings (SSSR count). The first-order valence-corrected chi connectivity index (χ1v) is 9.58. The monoisotopic (exact) mass is 346 g/mol. The van der Waals surface area contributed by atoms with Crippen molar-refractivity contribution in [3.05, 3.63) is 22.4 Å². The van der Waals surface area contributed by atoms with Gasteiger partial charge in [-0.2, -0.15) is 11.3 Å². The highest BCUT2D eigenvalue weighted by atomic mass is 32.2. The van der Waals surface area contributed by atoms with Gasteiger partial charge in [-0.15, -0.1) is 0 Å². The Balaban J connectivity index is 2.06. The molecule has 0 spiro atoms. The molecule has 0 aliphatic carbocycles. The molecule has 1 fully saturated rings. The molecule has 0 aromatic carbocycles. The van der Waals surface area contributed by atoms with Crippen molar-refractivity contribution < 1.29 is 23.1 Å². The van der Waals surface area contributed by atoms with Crippen LogP contribution in [0.1, 0.15) is 24.4 Å². The Bertz CT molecular complexity index is 641. The van der Waals surface area contributed by atoms with Gasteiger partial charge in [0.15, 0.2) is 6.04 Å². The lowest BCUT2D eigenvalue weighted by Crippen LogP contribution is -2.46. The largest absolute Gasteiger partial charge is 0.479 e. The standard InChI is InChI=1S/C13H18N2O5S2/c1-22(19,20)15-5-2-3-9(7-15)12(16)14-11(13(17)18)10-4-6-21-8-10/h4,6,8-9,11H,2-3,5,7H2,1H3,(H,14,16)(H,17,18). The highest BCUT2D eigenvalue weighted by Crippen LogP contribution is 2.22. The van der Waals surface area contributed by atoms with Gasteiger partial charge in [0.05, 0.1) is 12.2 Å². The number of piperidine rings is 1. The summed E-state index contributed by atoms with van der Waals surface area (Å²) in [5.41, 5.74) is 0.515. The van der Waals surface area contributed by atoms with Gasteiger partial charge in [-0.1, -0.05) is 0 Å². The van der Waals surface area contributed by atoms with E-state index in [0.29, 0.717) is 24.9 Å². The molecule has 1 aromatic heterocycles. The van der Waals surface area contributed by atoms with Crippen LogP contribution in [-0.2, 0) is 19.6 Å². The molecule has 9 heteroatoms. The number of carbonyl (C=O) groups is 2. The summed E-state index contributed by atoms with van der Waals surface area (Å²) < 4.78 is 24.4. The Morgan fingerprint density at radius 3 is 2.77 bits per heavy atom. The molecule has 122 valence electrons. The number of rotatable bonds is 5. The van der Waals surface area contributed by atoms with Crippen LogP contribution in [0.25, 0.3) is 0 Å². The minimum Gasteiger partial charge on any atom is -0.479 e. The van der Waals surface area contributed by atoms with Gasteiger partial charge in [0.1, 0.15) is 0 Å². The molecule has 0 radical (unpaired) electrons. The van der Waals surface area contributed by atoms with Crippen molar-refractivity contribution in [1.82, 2.24) is 9.62 Å². The average molecular weight is 346 g/mol. The lowest BCUT2D eigenvalue weighted by atomic mass is 9.98. The number of nitrogens with zero attached hydrogens (tertiary/aromatic N) is 1. The van der Waals surface area contributed by atoms with Crippen LogP contribution in [0.3, 0.4) is 0 Å². The van der Waals surface area contributed by atoms with E-state index in [9.17, 15) is 23.1 Å². The number of carboxylic acids is 1. The zero-order valence-corrected chi connectivity index (χ0v) is 13.7. The van der Waals surface area contributed by atoms with E-state index < -0.39 is 33.9 Å². The molecule has 1 aliphatic heterocycles. The Kier molecular flexibility index (Phi) is 5.20. The van der Waals surface area contributed by atoms with E-state index >= 15 is 0 Å².